The van der Waals surface area contributed by atoms with Crippen molar-refractivity contribution in [3.8, 4) is 0 Å². The van der Waals surface area contributed by atoms with E-state index in [-0.39, 0.29) is 0 Å². The summed E-state index contributed by atoms with van der Waals surface area (Å²) in [4.78, 5) is 24.9. The Kier molecular flexibility index (Phi) is 11.7. The van der Waals surface area contributed by atoms with Crippen LogP contribution in [0, 0.1) is 0 Å². The molecule has 1 heterocycles. The highest BCUT2D eigenvalue weighted by atomic mass is 16.4. The first kappa shape index (κ1) is 15.1. The number of hydrogen-bond donors (Lipinski definition) is 3. The van der Waals surface area contributed by atoms with Crippen molar-refractivity contribution in [3.63, 3.8) is 0 Å². The number of H-pyrrole nitrogens is 1. The Hall–Kier alpha value is -2.37. The van der Waals surface area contributed by atoms with Gasteiger partial charge in [0.25, 0.3) is 0 Å². The van der Waals surface area contributed by atoms with Crippen LogP contribution in [0.4, 0.5) is 0 Å². The molecule has 0 radical (unpaired) electrons. The van der Waals surface area contributed by atoms with E-state index >= 15 is 0 Å². The molecule has 1 aromatic rings. The topological polar surface area (TPSA) is 103 Å². The molecule has 0 saturated carbocycles. The highest BCUT2D eigenvalue weighted by Gasteiger charge is 1.73. The Balaban J connectivity index is 0. The highest BCUT2D eigenvalue weighted by Crippen LogP contribution is 1.62. The van der Waals surface area contributed by atoms with Crippen molar-refractivity contribution in [1.82, 2.24) is 9.97 Å². The molecule has 0 atom stereocenters. The summed E-state index contributed by atoms with van der Waals surface area (Å²) < 4.78 is 0. The highest BCUT2D eigenvalue weighted by molar-refractivity contribution is 5.79. The number of carboxylic acid groups (broad SMARTS) is 2. The maximum absolute atomic E-state index is 9.25. The van der Waals surface area contributed by atoms with Crippen LogP contribution in [0.25, 0.3) is 0 Å². The fraction of sp³-hybridized carbons (Fsp3) is 0. The molecule has 0 spiro atoms. The van der Waals surface area contributed by atoms with Crippen LogP contribution in [0.15, 0.2) is 44.0 Å². The summed E-state index contributed by atoms with van der Waals surface area (Å²) in [6.07, 6.45) is 6.75. The zero-order chi connectivity index (χ0) is 12.1. The average molecular weight is 212 g/mol. The van der Waals surface area contributed by atoms with Crippen LogP contribution in [-0.2, 0) is 9.59 Å². The molecule has 0 aromatic carbocycles. The maximum atomic E-state index is 9.25. The number of carboxylic acids is 2. The summed E-state index contributed by atoms with van der Waals surface area (Å²) in [6, 6.07) is 0. The predicted molar refractivity (Wildman–Crippen MR) is 54.3 cm³/mol. The quantitative estimate of drug-likeness (QED) is 0.632. The van der Waals surface area contributed by atoms with Crippen molar-refractivity contribution in [2.24, 2.45) is 0 Å². The minimum Gasteiger partial charge on any atom is -0.478 e. The van der Waals surface area contributed by atoms with Gasteiger partial charge in [-0.25, -0.2) is 14.6 Å². The molecule has 3 N–H and O–H groups in total. The number of carbonyl (C=O) groups is 2. The normalized spacial score (nSPS) is 6.93. The lowest BCUT2D eigenvalue weighted by atomic mass is 10.7. The molecule has 1 aromatic heterocycles. The number of rotatable bonds is 2. The second-order valence-electron chi connectivity index (χ2n) is 1.85. The monoisotopic (exact) mass is 212 g/mol. The molecule has 0 bridgehead atoms. The smallest absolute Gasteiger partial charge is 0.327 e. The van der Waals surface area contributed by atoms with E-state index in [2.05, 4.69) is 23.1 Å². The van der Waals surface area contributed by atoms with Gasteiger partial charge in [-0.3, -0.25) is 0 Å². The fourth-order valence-electron chi connectivity index (χ4n) is 0.215. The first-order valence-corrected chi connectivity index (χ1v) is 3.68. The number of nitrogens with one attached hydrogen (secondary N) is 1. The third-order valence-corrected chi connectivity index (χ3v) is 0.755. The number of aromatic nitrogens is 2. The van der Waals surface area contributed by atoms with Crippen molar-refractivity contribution in [1.29, 1.82) is 0 Å². The second kappa shape index (κ2) is 11.6. The summed E-state index contributed by atoms with van der Waals surface area (Å²) >= 11 is 0. The SMILES string of the molecule is C=CC(=O)O.C=CC(=O)O.c1c[nH]cn1. The molecule has 0 saturated heterocycles. The summed E-state index contributed by atoms with van der Waals surface area (Å²) in [5.41, 5.74) is 0. The van der Waals surface area contributed by atoms with Gasteiger partial charge in [-0.2, -0.15) is 0 Å². The minimum atomic E-state index is -0.981. The van der Waals surface area contributed by atoms with Crippen molar-refractivity contribution >= 4 is 11.9 Å². The minimum absolute atomic E-state index is 0.833. The lowest BCUT2D eigenvalue weighted by Crippen LogP contribution is -1.82. The van der Waals surface area contributed by atoms with Gasteiger partial charge >= 0.3 is 11.9 Å². The molecule has 0 fully saturated rings. The molecule has 6 nitrogen and oxygen atoms in total. The first-order chi connectivity index (χ1) is 7.04. The van der Waals surface area contributed by atoms with E-state index in [1.54, 1.807) is 18.7 Å². The Morgan fingerprint density at radius 3 is 1.67 bits per heavy atom. The zero-order valence-corrected chi connectivity index (χ0v) is 7.96. The molecule has 0 aliphatic heterocycles. The van der Waals surface area contributed by atoms with E-state index in [1.165, 1.54) is 0 Å². The number of nitrogens with zero attached hydrogens (tertiary/aromatic N) is 1. The Morgan fingerprint density at radius 1 is 1.20 bits per heavy atom. The molecule has 15 heavy (non-hydrogen) atoms. The van der Waals surface area contributed by atoms with Crippen molar-refractivity contribution in [2.45, 2.75) is 0 Å². The molecular weight excluding hydrogens is 200 g/mol. The van der Waals surface area contributed by atoms with Gasteiger partial charge in [0.1, 0.15) is 0 Å². The van der Waals surface area contributed by atoms with Gasteiger partial charge in [-0.15, -0.1) is 0 Å². The molecular formula is C9H12N2O4. The Labute approximate surface area is 86.6 Å². The molecule has 1 rings (SSSR count). The third-order valence-electron chi connectivity index (χ3n) is 0.755. The number of hydrogen-bond acceptors (Lipinski definition) is 3. The van der Waals surface area contributed by atoms with E-state index in [9.17, 15) is 9.59 Å². The zero-order valence-electron chi connectivity index (χ0n) is 7.96. The maximum Gasteiger partial charge on any atom is 0.327 e. The average Bonchev–Trinajstić information content (AvgIpc) is 2.76. The van der Waals surface area contributed by atoms with E-state index < -0.39 is 11.9 Å². The summed E-state index contributed by atoms with van der Waals surface area (Å²) in [6.45, 7) is 5.92. The molecule has 0 aliphatic rings. The molecule has 6 heteroatoms. The number of imidazole rings is 1. The standard InChI is InChI=1S/C3H4N2.2C3H4O2/c1-2-5-3-4-1;2*1-2-3(4)5/h1-3H,(H,4,5);2*2H,1H2,(H,4,5). The van der Waals surface area contributed by atoms with Gasteiger partial charge in [0.2, 0.25) is 0 Å². The summed E-state index contributed by atoms with van der Waals surface area (Å²) in [5.74, 6) is -1.96. The van der Waals surface area contributed by atoms with Crippen molar-refractivity contribution in [2.75, 3.05) is 0 Å². The van der Waals surface area contributed by atoms with Crippen LogP contribution in [0.5, 0.6) is 0 Å². The number of aromatic amines is 1. The van der Waals surface area contributed by atoms with Gasteiger partial charge in [-0.05, 0) is 0 Å². The predicted octanol–water partition coefficient (Wildman–Crippen LogP) is 0.924. The lowest BCUT2D eigenvalue weighted by molar-refractivity contribution is -0.132. The van der Waals surface area contributed by atoms with Crippen molar-refractivity contribution in [3.05, 3.63) is 44.0 Å². The van der Waals surface area contributed by atoms with Gasteiger partial charge in [0.15, 0.2) is 0 Å². The van der Waals surface area contributed by atoms with Gasteiger partial charge in [-0.1, -0.05) is 13.2 Å². The van der Waals surface area contributed by atoms with Crippen molar-refractivity contribution < 1.29 is 19.8 Å². The number of aliphatic carboxylic acids is 2. The third kappa shape index (κ3) is 24.5. The van der Waals surface area contributed by atoms with Crippen LogP contribution >= 0.6 is 0 Å². The van der Waals surface area contributed by atoms with Crippen LogP contribution in [0.2, 0.25) is 0 Å². The fourth-order valence-corrected chi connectivity index (χ4v) is 0.215. The molecule has 82 valence electrons. The van der Waals surface area contributed by atoms with Crippen LogP contribution in [0.3, 0.4) is 0 Å². The molecule has 0 unspecified atom stereocenters. The summed E-state index contributed by atoms with van der Waals surface area (Å²) in [5, 5.41) is 15.2. The van der Waals surface area contributed by atoms with E-state index in [0.29, 0.717) is 0 Å². The van der Waals surface area contributed by atoms with Gasteiger partial charge in [0.05, 0.1) is 6.33 Å². The molecule has 0 aliphatic carbocycles. The van der Waals surface area contributed by atoms with Crippen LogP contribution < -0.4 is 0 Å². The second-order valence-corrected chi connectivity index (χ2v) is 1.85. The molecule has 0 amide bonds. The van der Waals surface area contributed by atoms with Crippen LogP contribution in [0.1, 0.15) is 0 Å². The first-order valence-electron chi connectivity index (χ1n) is 3.68. The van der Waals surface area contributed by atoms with E-state index in [1.807, 2.05) is 0 Å². The summed E-state index contributed by atoms with van der Waals surface area (Å²) in [7, 11) is 0. The van der Waals surface area contributed by atoms with Crippen LogP contribution in [-0.4, -0.2) is 32.1 Å². The van der Waals surface area contributed by atoms with Gasteiger partial charge < -0.3 is 15.2 Å². The Bertz CT molecular complexity index is 258. The Morgan fingerprint density at radius 2 is 1.60 bits per heavy atom. The largest absolute Gasteiger partial charge is 0.478 e. The van der Waals surface area contributed by atoms with E-state index in [0.717, 1.165) is 12.2 Å². The van der Waals surface area contributed by atoms with Gasteiger partial charge in [0, 0.05) is 24.5 Å². The van der Waals surface area contributed by atoms with E-state index in [4.69, 9.17) is 10.2 Å². The lowest BCUT2D eigenvalue weighted by Gasteiger charge is -1.64.